The Balaban J connectivity index is 1.96. The summed E-state index contributed by atoms with van der Waals surface area (Å²) in [5, 5.41) is 8.50. The van der Waals surface area contributed by atoms with Crippen LogP contribution in [-0.2, 0) is 19.5 Å². The summed E-state index contributed by atoms with van der Waals surface area (Å²) in [5.74, 6) is 1.92. The number of fused-ring (bicyclic) bond motifs is 1. The summed E-state index contributed by atoms with van der Waals surface area (Å²) in [5.41, 5.74) is 0.754. The lowest BCUT2D eigenvalue weighted by Gasteiger charge is -2.10. The van der Waals surface area contributed by atoms with Gasteiger partial charge in [-0.05, 0) is 19.8 Å². The summed E-state index contributed by atoms with van der Waals surface area (Å²) < 4.78 is 3.86. The second-order valence-electron chi connectivity index (χ2n) is 4.97. The van der Waals surface area contributed by atoms with Crippen LogP contribution in [0.1, 0.15) is 36.6 Å². The van der Waals surface area contributed by atoms with Crippen LogP contribution in [0.25, 0.3) is 0 Å². The maximum atomic E-state index is 11.8. The first-order valence-electron chi connectivity index (χ1n) is 6.68. The van der Waals surface area contributed by atoms with Crippen molar-refractivity contribution < 1.29 is 0 Å². The van der Waals surface area contributed by atoms with Crippen molar-refractivity contribution in [3.8, 4) is 0 Å². The molecular weight excluding hydrogens is 242 g/mol. The standard InChI is InChI=1S/C13H17N5O/c1-10-7-14-8-13(19)18(10)9-12-16-15-11-5-3-2-4-6-17(11)12/h7-8H,2-6,9H2,1H3. The quantitative estimate of drug-likeness (QED) is 0.804. The fourth-order valence-corrected chi connectivity index (χ4v) is 2.53. The van der Waals surface area contributed by atoms with Crippen LogP contribution in [0.15, 0.2) is 17.2 Å². The van der Waals surface area contributed by atoms with Crippen LogP contribution in [0, 0.1) is 6.92 Å². The van der Waals surface area contributed by atoms with Crippen LogP contribution >= 0.6 is 0 Å². The summed E-state index contributed by atoms with van der Waals surface area (Å²) in [4.78, 5) is 15.7. The van der Waals surface area contributed by atoms with Gasteiger partial charge in [-0.15, -0.1) is 10.2 Å². The predicted molar refractivity (Wildman–Crippen MR) is 69.9 cm³/mol. The van der Waals surface area contributed by atoms with E-state index < -0.39 is 0 Å². The summed E-state index contributed by atoms with van der Waals surface area (Å²) in [6.07, 6.45) is 7.58. The van der Waals surface area contributed by atoms with Crippen molar-refractivity contribution >= 4 is 0 Å². The molecule has 0 atom stereocenters. The molecule has 0 N–H and O–H groups in total. The molecule has 6 heteroatoms. The lowest BCUT2D eigenvalue weighted by molar-refractivity contribution is 0.578. The van der Waals surface area contributed by atoms with Crippen LogP contribution in [0.3, 0.4) is 0 Å². The normalized spacial score (nSPS) is 15.0. The number of aromatic nitrogens is 5. The molecule has 0 bridgehead atoms. The molecule has 100 valence electrons. The third-order valence-corrected chi connectivity index (χ3v) is 3.62. The van der Waals surface area contributed by atoms with Gasteiger partial charge >= 0.3 is 0 Å². The highest BCUT2D eigenvalue weighted by molar-refractivity contribution is 5.03. The Bertz CT molecular complexity index is 643. The molecule has 0 saturated heterocycles. The molecule has 6 nitrogen and oxygen atoms in total. The van der Waals surface area contributed by atoms with E-state index >= 15 is 0 Å². The van der Waals surface area contributed by atoms with Gasteiger partial charge in [0.2, 0.25) is 0 Å². The Morgan fingerprint density at radius 2 is 2.11 bits per heavy atom. The molecule has 1 aliphatic heterocycles. The van der Waals surface area contributed by atoms with Crippen molar-refractivity contribution in [3.63, 3.8) is 0 Å². The molecule has 3 heterocycles. The van der Waals surface area contributed by atoms with Crippen molar-refractivity contribution in [1.29, 1.82) is 0 Å². The molecule has 3 rings (SSSR count). The van der Waals surface area contributed by atoms with Crippen LogP contribution in [0.5, 0.6) is 0 Å². The highest BCUT2D eigenvalue weighted by Gasteiger charge is 2.15. The minimum Gasteiger partial charge on any atom is -0.313 e. The molecule has 1 aliphatic rings. The maximum Gasteiger partial charge on any atom is 0.269 e. The first-order valence-corrected chi connectivity index (χ1v) is 6.68. The Kier molecular flexibility index (Phi) is 3.15. The molecule has 2 aromatic rings. The zero-order valence-electron chi connectivity index (χ0n) is 11.0. The summed E-state index contributed by atoms with van der Waals surface area (Å²) >= 11 is 0. The van der Waals surface area contributed by atoms with Crippen molar-refractivity contribution in [2.75, 3.05) is 0 Å². The zero-order valence-corrected chi connectivity index (χ0v) is 11.0. The lowest BCUT2D eigenvalue weighted by Crippen LogP contribution is -2.24. The number of hydrogen-bond acceptors (Lipinski definition) is 4. The number of nitrogens with zero attached hydrogens (tertiary/aromatic N) is 5. The van der Waals surface area contributed by atoms with Gasteiger partial charge in [0, 0.05) is 24.9 Å². The molecular formula is C13H17N5O. The van der Waals surface area contributed by atoms with E-state index in [4.69, 9.17) is 0 Å². The Labute approximate surface area is 111 Å². The van der Waals surface area contributed by atoms with Gasteiger partial charge < -0.3 is 9.13 Å². The van der Waals surface area contributed by atoms with Gasteiger partial charge in [0.1, 0.15) is 5.82 Å². The highest BCUT2D eigenvalue weighted by atomic mass is 16.1. The summed E-state index contributed by atoms with van der Waals surface area (Å²) in [7, 11) is 0. The van der Waals surface area contributed by atoms with E-state index in [2.05, 4.69) is 19.7 Å². The molecule has 19 heavy (non-hydrogen) atoms. The first kappa shape index (κ1) is 12.1. The van der Waals surface area contributed by atoms with Gasteiger partial charge in [0.05, 0.1) is 12.7 Å². The largest absolute Gasteiger partial charge is 0.313 e. The third kappa shape index (κ3) is 2.30. The minimum absolute atomic E-state index is 0.0917. The third-order valence-electron chi connectivity index (χ3n) is 3.62. The molecule has 0 aromatic carbocycles. The van der Waals surface area contributed by atoms with Crippen LogP contribution < -0.4 is 5.56 Å². The predicted octanol–water partition coefficient (Wildman–Crippen LogP) is 0.918. The van der Waals surface area contributed by atoms with E-state index in [1.165, 1.54) is 19.0 Å². The van der Waals surface area contributed by atoms with Gasteiger partial charge in [-0.3, -0.25) is 9.78 Å². The average Bonchev–Trinajstić information content (AvgIpc) is 2.62. The van der Waals surface area contributed by atoms with Crippen LogP contribution in [-0.4, -0.2) is 24.3 Å². The Hall–Kier alpha value is -1.98. The summed E-state index contributed by atoms with van der Waals surface area (Å²) in [6, 6.07) is 0. The van der Waals surface area contributed by atoms with Crippen LogP contribution in [0.2, 0.25) is 0 Å². The van der Waals surface area contributed by atoms with E-state index in [9.17, 15) is 4.79 Å². The molecule has 0 amide bonds. The van der Waals surface area contributed by atoms with Gasteiger partial charge in [-0.2, -0.15) is 0 Å². The Morgan fingerprint density at radius 3 is 2.95 bits per heavy atom. The SMILES string of the molecule is Cc1cncc(=O)n1Cc1nnc2n1CCCCC2. The number of rotatable bonds is 2. The topological polar surface area (TPSA) is 65.6 Å². The molecule has 0 spiro atoms. The molecule has 0 saturated carbocycles. The summed E-state index contributed by atoms with van der Waals surface area (Å²) in [6.45, 7) is 3.31. The van der Waals surface area contributed by atoms with E-state index in [0.29, 0.717) is 6.54 Å². The van der Waals surface area contributed by atoms with Gasteiger partial charge in [0.15, 0.2) is 5.82 Å². The van der Waals surface area contributed by atoms with Crippen LogP contribution in [0.4, 0.5) is 0 Å². The second-order valence-corrected chi connectivity index (χ2v) is 4.97. The van der Waals surface area contributed by atoms with Gasteiger partial charge in [-0.25, -0.2) is 0 Å². The van der Waals surface area contributed by atoms with Gasteiger partial charge in [0.25, 0.3) is 5.56 Å². The first-order chi connectivity index (χ1) is 9.25. The van der Waals surface area contributed by atoms with Crippen molar-refractivity contribution in [2.45, 2.75) is 45.7 Å². The molecule has 2 aromatic heterocycles. The molecule has 0 radical (unpaired) electrons. The minimum atomic E-state index is -0.0917. The molecule has 0 unspecified atom stereocenters. The highest BCUT2D eigenvalue weighted by Crippen LogP contribution is 2.14. The molecule has 0 aliphatic carbocycles. The van der Waals surface area contributed by atoms with Crippen molar-refractivity contribution in [2.24, 2.45) is 0 Å². The lowest BCUT2D eigenvalue weighted by atomic mass is 10.2. The average molecular weight is 259 g/mol. The number of aryl methyl sites for hydroxylation is 2. The van der Waals surface area contributed by atoms with E-state index in [0.717, 1.165) is 36.7 Å². The monoisotopic (exact) mass is 259 g/mol. The maximum absolute atomic E-state index is 11.8. The van der Waals surface area contributed by atoms with Crippen molar-refractivity contribution in [3.05, 3.63) is 40.1 Å². The molecule has 0 fully saturated rings. The van der Waals surface area contributed by atoms with E-state index in [1.807, 2.05) is 6.92 Å². The Morgan fingerprint density at radius 1 is 1.21 bits per heavy atom. The van der Waals surface area contributed by atoms with E-state index in [1.54, 1.807) is 10.8 Å². The second kappa shape index (κ2) is 4.95. The van der Waals surface area contributed by atoms with Crippen molar-refractivity contribution in [1.82, 2.24) is 24.3 Å². The zero-order chi connectivity index (χ0) is 13.2. The number of hydrogen-bond donors (Lipinski definition) is 0. The van der Waals surface area contributed by atoms with E-state index in [-0.39, 0.29) is 5.56 Å². The smallest absolute Gasteiger partial charge is 0.269 e. The fraction of sp³-hybridized carbons (Fsp3) is 0.538. The fourth-order valence-electron chi connectivity index (χ4n) is 2.53. The van der Waals surface area contributed by atoms with Gasteiger partial charge in [-0.1, -0.05) is 6.42 Å².